The highest BCUT2D eigenvalue weighted by Crippen LogP contribution is 2.35. The number of aromatic nitrogens is 3. The van der Waals surface area contributed by atoms with E-state index in [2.05, 4.69) is 15.4 Å². The van der Waals surface area contributed by atoms with Crippen molar-refractivity contribution in [2.24, 2.45) is 0 Å². The smallest absolute Gasteiger partial charge is 0.243 e. The van der Waals surface area contributed by atoms with E-state index in [1.807, 2.05) is 31.2 Å². The van der Waals surface area contributed by atoms with E-state index >= 15 is 0 Å². The molecule has 0 radical (unpaired) electrons. The number of nitrogens with zero attached hydrogens (tertiary/aromatic N) is 4. The molecular formula is C20H21N5O3S. The zero-order valence-electron chi connectivity index (χ0n) is 16.3. The Hall–Kier alpha value is -3.04. The van der Waals surface area contributed by atoms with Gasteiger partial charge in [-0.25, -0.2) is 18.1 Å². The summed E-state index contributed by atoms with van der Waals surface area (Å²) in [4.78, 5) is 15.9. The summed E-state index contributed by atoms with van der Waals surface area (Å²) in [5.41, 5.74) is 3.07. The molecule has 0 bridgehead atoms. The summed E-state index contributed by atoms with van der Waals surface area (Å²) in [6.45, 7) is 3.60. The minimum Gasteiger partial charge on any atom is -0.325 e. The normalized spacial score (nSPS) is 17.2. The second-order valence-corrected chi connectivity index (χ2v) is 9.09. The number of hydrogen-bond donors (Lipinski definition) is 1. The molecule has 0 spiro atoms. The Bertz CT molecular complexity index is 1160. The van der Waals surface area contributed by atoms with Crippen molar-refractivity contribution in [1.82, 2.24) is 19.1 Å². The lowest BCUT2D eigenvalue weighted by atomic mass is 10.0. The number of carbonyl (C=O) groups is 1. The minimum absolute atomic E-state index is 0.122. The van der Waals surface area contributed by atoms with Crippen LogP contribution in [0.1, 0.15) is 36.9 Å². The maximum atomic E-state index is 13.2. The summed E-state index contributed by atoms with van der Waals surface area (Å²) < 4.78 is 29.3. The first-order valence-electron chi connectivity index (χ1n) is 9.17. The van der Waals surface area contributed by atoms with Crippen LogP contribution in [0.5, 0.6) is 0 Å². The van der Waals surface area contributed by atoms with Gasteiger partial charge in [-0.2, -0.15) is 9.40 Å². The number of sulfonamides is 1. The van der Waals surface area contributed by atoms with Gasteiger partial charge in [-0.15, -0.1) is 0 Å². The van der Waals surface area contributed by atoms with Crippen molar-refractivity contribution in [2.45, 2.75) is 30.7 Å². The number of carbonyl (C=O) groups excluding carboxylic acids is 1. The van der Waals surface area contributed by atoms with Gasteiger partial charge >= 0.3 is 0 Å². The van der Waals surface area contributed by atoms with E-state index in [1.54, 1.807) is 37.1 Å². The van der Waals surface area contributed by atoms with Gasteiger partial charge in [0, 0.05) is 18.8 Å². The third-order valence-corrected chi connectivity index (χ3v) is 7.35. The highest BCUT2D eigenvalue weighted by atomic mass is 32.2. The number of nitrogens with one attached hydrogen (secondary N) is 1. The molecule has 9 heteroatoms. The molecule has 150 valence electrons. The molecule has 29 heavy (non-hydrogen) atoms. The SMILES string of the molecule is C[C@H]1C(=O)Nc2ccc(S(=O)(=O)N(C)[C@@H](C)c3ccc(-n4cncn4)cc3)cc21. The molecule has 8 nitrogen and oxygen atoms in total. The predicted octanol–water partition coefficient (Wildman–Crippen LogP) is 2.70. The maximum Gasteiger partial charge on any atom is 0.243 e. The monoisotopic (exact) mass is 411 g/mol. The Morgan fingerprint density at radius 2 is 1.90 bits per heavy atom. The highest BCUT2D eigenvalue weighted by Gasteiger charge is 2.31. The van der Waals surface area contributed by atoms with Gasteiger partial charge in [0.25, 0.3) is 0 Å². The van der Waals surface area contributed by atoms with Crippen LogP contribution < -0.4 is 5.32 Å². The van der Waals surface area contributed by atoms with Crippen LogP contribution >= 0.6 is 0 Å². The maximum absolute atomic E-state index is 13.2. The van der Waals surface area contributed by atoms with Crippen LogP contribution in [0.4, 0.5) is 5.69 Å². The summed E-state index contributed by atoms with van der Waals surface area (Å²) >= 11 is 0. The molecule has 0 saturated carbocycles. The van der Waals surface area contributed by atoms with Gasteiger partial charge in [0.1, 0.15) is 12.7 Å². The second-order valence-electron chi connectivity index (χ2n) is 7.09. The van der Waals surface area contributed by atoms with Crippen LogP contribution in [0.15, 0.2) is 60.0 Å². The van der Waals surface area contributed by atoms with Crippen LogP contribution in [0, 0.1) is 0 Å². The molecule has 2 atom stereocenters. The van der Waals surface area contributed by atoms with Gasteiger partial charge in [0.05, 0.1) is 16.5 Å². The first-order valence-corrected chi connectivity index (χ1v) is 10.6. The molecule has 0 fully saturated rings. The molecule has 3 aromatic rings. The predicted molar refractivity (Wildman–Crippen MR) is 108 cm³/mol. The summed E-state index contributed by atoms with van der Waals surface area (Å²) in [5.74, 6) is -0.490. The number of benzene rings is 2. The number of fused-ring (bicyclic) bond motifs is 1. The highest BCUT2D eigenvalue weighted by molar-refractivity contribution is 7.89. The Morgan fingerprint density at radius 3 is 2.55 bits per heavy atom. The van der Waals surface area contributed by atoms with Crippen molar-refractivity contribution in [3.05, 3.63) is 66.2 Å². The van der Waals surface area contributed by atoms with E-state index in [0.717, 1.165) is 11.3 Å². The van der Waals surface area contributed by atoms with Gasteiger partial charge in [-0.3, -0.25) is 4.79 Å². The van der Waals surface area contributed by atoms with Gasteiger partial charge < -0.3 is 5.32 Å². The lowest BCUT2D eigenvalue weighted by Gasteiger charge is -2.25. The van der Waals surface area contributed by atoms with Gasteiger partial charge in [-0.1, -0.05) is 12.1 Å². The van der Waals surface area contributed by atoms with Crippen LogP contribution in [-0.4, -0.2) is 40.4 Å². The Labute approximate surface area is 169 Å². The van der Waals surface area contributed by atoms with E-state index in [-0.39, 0.29) is 22.8 Å². The third kappa shape index (κ3) is 3.32. The Morgan fingerprint density at radius 1 is 1.17 bits per heavy atom. The fourth-order valence-electron chi connectivity index (χ4n) is 3.39. The first-order chi connectivity index (χ1) is 13.8. The van der Waals surface area contributed by atoms with E-state index in [0.29, 0.717) is 11.3 Å². The third-order valence-electron chi connectivity index (χ3n) is 5.42. The topological polar surface area (TPSA) is 97.2 Å². The number of amides is 1. The number of hydrogen-bond acceptors (Lipinski definition) is 5. The molecule has 0 aliphatic carbocycles. The van der Waals surface area contributed by atoms with E-state index in [1.165, 1.54) is 16.7 Å². The summed E-state index contributed by atoms with van der Waals surface area (Å²) in [5, 5.41) is 6.85. The van der Waals surface area contributed by atoms with Crippen LogP contribution in [0.3, 0.4) is 0 Å². The molecule has 1 aromatic heterocycles. The first kappa shape index (κ1) is 19.3. The molecule has 1 amide bonds. The van der Waals surface area contributed by atoms with Crippen LogP contribution in [0.25, 0.3) is 5.69 Å². The lowest BCUT2D eigenvalue weighted by molar-refractivity contribution is -0.116. The Kier molecular flexibility index (Phi) is 4.71. The average molecular weight is 411 g/mol. The lowest BCUT2D eigenvalue weighted by Crippen LogP contribution is -2.30. The molecular weight excluding hydrogens is 390 g/mol. The molecule has 2 heterocycles. The van der Waals surface area contributed by atoms with Crippen molar-refractivity contribution in [1.29, 1.82) is 0 Å². The average Bonchev–Trinajstić information content (AvgIpc) is 3.36. The van der Waals surface area contributed by atoms with Crippen molar-refractivity contribution in [2.75, 3.05) is 12.4 Å². The molecule has 2 aromatic carbocycles. The molecule has 1 N–H and O–H groups in total. The zero-order valence-corrected chi connectivity index (χ0v) is 17.1. The van der Waals surface area contributed by atoms with Crippen LogP contribution in [-0.2, 0) is 14.8 Å². The number of rotatable bonds is 5. The summed E-state index contributed by atoms with van der Waals surface area (Å²) in [6, 6.07) is 11.9. The van der Waals surface area contributed by atoms with Crippen molar-refractivity contribution in [3.8, 4) is 5.69 Å². The number of anilines is 1. The van der Waals surface area contributed by atoms with E-state index < -0.39 is 10.0 Å². The van der Waals surface area contributed by atoms with Crippen molar-refractivity contribution < 1.29 is 13.2 Å². The molecule has 0 unspecified atom stereocenters. The summed E-state index contributed by atoms with van der Waals surface area (Å²) in [7, 11) is -2.17. The standard InChI is InChI=1S/C20H21N5O3S/c1-13-18-10-17(8-9-19(18)23-20(13)26)29(27,28)24(3)14(2)15-4-6-16(7-5-15)25-12-21-11-22-25/h4-14H,1-3H3,(H,23,26)/t13-,14+/m1/s1. The van der Waals surface area contributed by atoms with E-state index in [4.69, 9.17) is 0 Å². The fourth-order valence-corrected chi connectivity index (χ4v) is 4.77. The van der Waals surface area contributed by atoms with Gasteiger partial charge in [0.2, 0.25) is 15.9 Å². The second kappa shape index (κ2) is 7.09. The Balaban J connectivity index is 1.60. The molecule has 4 rings (SSSR count). The van der Waals surface area contributed by atoms with Crippen molar-refractivity contribution in [3.63, 3.8) is 0 Å². The largest absolute Gasteiger partial charge is 0.325 e. The molecule has 0 saturated heterocycles. The summed E-state index contributed by atoms with van der Waals surface area (Å²) in [6.07, 6.45) is 3.06. The zero-order chi connectivity index (χ0) is 20.8. The van der Waals surface area contributed by atoms with Gasteiger partial charge in [-0.05, 0) is 55.3 Å². The molecule has 1 aliphatic rings. The minimum atomic E-state index is -3.74. The van der Waals surface area contributed by atoms with E-state index in [9.17, 15) is 13.2 Å². The quantitative estimate of drug-likeness (QED) is 0.696. The fraction of sp³-hybridized carbons (Fsp3) is 0.250. The molecule has 1 aliphatic heterocycles. The van der Waals surface area contributed by atoms with Gasteiger partial charge in [0.15, 0.2) is 0 Å². The van der Waals surface area contributed by atoms with Crippen LogP contribution in [0.2, 0.25) is 0 Å². The van der Waals surface area contributed by atoms with Crippen molar-refractivity contribution >= 4 is 21.6 Å².